The number of nitrogens with zero attached hydrogens (tertiary/aromatic N) is 2. The lowest BCUT2D eigenvalue weighted by Gasteiger charge is -2.08. The third kappa shape index (κ3) is 3.64. The van der Waals surface area contributed by atoms with Gasteiger partial charge in [-0.05, 0) is 30.3 Å². The molecular weight excluding hydrogens is 328 g/mol. The number of hydrogen-bond acceptors (Lipinski definition) is 4. The van der Waals surface area contributed by atoms with Crippen LogP contribution in [0.4, 0.5) is 0 Å². The summed E-state index contributed by atoms with van der Waals surface area (Å²) >= 11 is 5.92. The molecule has 0 amide bonds. The minimum atomic E-state index is -0.501. The smallest absolute Gasteiger partial charge is 0.344 e. The van der Waals surface area contributed by atoms with Crippen molar-refractivity contribution in [3.63, 3.8) is 0 Å². The molecule has 0 aliphatic rings. The predicted octanol–water partition coefficient (Wildman–Crippen LogP) is 3.89. The minimum absolute atomic E-state index is 0.318. The van der Waals surface area contributed by atoms with Gasteiger partial charge in [0.05, 0.1) is 23.6 Å². The van der Waals surface area contributed by atoms with Crippen LogP contribution >= 0.6 is 11.6 Å². The van der Waals surface area contributed by atoms with Crippen LogP contribution in [0.5, 0.6) is 5.88 Å². The standard InChI is InChI=1S/C18H15ClN2O3/c1-23-12-15-11-17(21(20-15)16-8-3-2-4-9-16)24-18(22)13-6-5-7-14(19)10-13/h2-11H,12H2,1H3. The van der Waals surface area contributed by atoms with Crippen molar-refractivity contribution in [3.05, 3.63) is 76.9 Å². The zero-order chi connectivity index (χ0) is 16.9. The Kier molecular flexibility index (Phi) is 4.93. The zero-order valence-corrected chi connectivity index (χ0v) is 13.7. The molecule has 3 rings (SSSR count). The third-order valence-electron chi connectivity index (χ3n) is 3.28. The summed E-state index contributed by atoms with van der Waals surface area (Å²) < 4.78 is 12.2. The van der Waals surface area contributed by atoms with Crippen molar-refractivity contribution in [2.45, 2.75) is 6.61 Å². The average Bonchev–Trinajstić information content (AvgIpc) is 2.98. The van der Waals surface area contributed by atoms with Gasteiger partial charge in [-0.25, -0.2) is 9.48 Å². The maximum atomic E-state index is 12.4. The van der Waals surface area contributed by atoms with Crippen molar-refractivity contribution in [1.82, 2.24) is 9.78 Å². The highest BCUT2D eigenvalue weighted by atomic mass is 35.5. The normalized spacial score (nSPS) is 10.6. The second kappa shape index (κ2) is 7.29. The number of para-hydroxylation sites is 1. The first kappa shape index (κ1) is 16.2. The van der Waals surface area contributed by atoms with Gasteiger partial charge in [0.1, 0.15) is 0 Å². The molecule has 1 heterocycles. The maximum absolute atomic E-state index is 12.4. The molecular formula is C18H15ClN2O3. The van der Waals surface area contributed by atoms with E-state index in [9.17, 15) is 4.79 Å². The van der Waals surface area contributed by atoms with Gasteiger partial charge in [-0.15, -0.1) is 0 Å². The lowest BCUT2D eigenvalue weighted by molar-refractivity contribution is 0.0723. The Morgan fingerprint density at radius 2 is 1.92 bits per heavy atom. The first-order valence-electron chi connectivity index (χ1n) is 7.28. The fourth-order valence-electron chi connectivity index (χ4n) is 2.22. The van der Waals surface area contributed by atoms with Gasteiger partial charge in [-0.2, -0.15) is 5.10 Å². The van der Waals surface area contributed by atoms with Gasteiger partial charge in [-0.3, -0.25) is 0 Å². The summed E-state index contributed by atoms with van der Waals surface area (Å²) in [5.74, 6) is -0.184. The van der Waals surface area contributed by atoms with E-state index in [1.807, 2.05) is 30.3 Å². The van der Waals surface area contributed by atoms with Gasteiger partial charge < -0.3 is 9.47 Å². The van der Waals surface area contributed by atoms with Gasteiger partial charge in [0.2, 0.25) is 5.88 Å². The van der Waals surface area contributed by atoms with Crippen molar-refractivity contribution >= 4 is 17.6 Å². The first-order valence-corrected chi connectivity index (χ1v) is 7.66. The number of halogens is 1. The van der Waals surface area contributed by atoms with Crippen molar-refractivity contribution in [3.8, 4) is 11.6 Å². The molecule has 0 radical (unpaired) electrons. The van der Waals surface area contributed by atoms with E-state index in [0.29, 0.717) is 28.8 Å². The predicted molar refractivity (Wildman–Crippen MR) is 90.7 cm³/mol. The van der Waals surface area contributed by atoms with Crippen LogP contribution in [0.15, 0.2) is 60.7 Å². The van der Waals surface area contributed by atoms with Gasteiger partial charge in [-0.1, -0.05) is 35.9 Å². The van der Waals surface area contributed by atoms with Crippen molar-refractivity contribution in [1.29, 1.82) is 0 Å². The number of carbonyl (C=O) groups is 1. The highest BCUT2D eigenvalue weighted by molar-refractivity contribution is 6.30. The summed E-state index contributed by atoms with van der Waals surface area (Å²) in [6.07, 6.45) is 0. The third-order valence-corrected chi connectivity index (χ3v) is 3.51. The fraction of sp³-hybridized carbons (Fsp3) is 0.111. The van der Waals surface area contributed by atoms with Gasteiger partial charge >= 0.3 is 5.97 Å². The van der Waals surface area contributed by atoms with E-state index in [2.05, 4.69) is 5.10 Å². The van der Waals surface area contributed by atoms with Crippen LogP contribution in [0.25, 0.3) is 5.69 Å². The Labute approximate surface area is 144 Å². The van der Waals surface area contributed by atoms with Crippen LogP contribution in [0.2, 0.25) is 5.02 Å². The first-order chi connectivity index (χ1) is 11.7. The van der Waals surface area contributed by atoms with E-state index in [0.717, 1.165) is 5.69 Å². The van der Waals surface area contributed by atoms with Crippen molar-refractivity contribution < 1.29 is 14.3 Å². The Balaban J connectivity index is 1.93. The van der Waals surface area contributed by atoms with E-state index in [1.54, 1.807) is 42.1 Å². The molecule has 0 saturated heterocycles. The molecule has 0 atom stereocenters. The number of hydrogen-bond donors (Lipinski definition) is 0. The van der Waals surface area contributed by atoms with E-state index >= 15 is 0 Å². The number of ether oxygens (including phenoxy) is 2. The molecule has 0 spiro atoms. The molecule has 0 bridgehead atoms. The number of esters is 1. The van der Waals surface area contributed by atoms with E-state index in [1.165, 1.54) is 0 Å². The lowest BCUT2D eigenvalue weighted by atomic mass is 10.2. The molecule has 5 nitrogen and oxygen atoms in total. The fourth-order valence-corrected chi connectivity index (χ4v) is 2.42. The quantitative estimate of drug-likeness (QED) is 0.660. The average molecular weight is 343 g/mol. The summed E-state index contributed by atoms with van der Waals surface area (Å²) in [6, 6.07) is 17.7. The van der Waals surface area contributed by atoms with Crippen LogP contribution in [0.3, 0.4) is 0 Å². The number of rotatable bonds is 5. The Morgan fingerprint density at radius 3 is 2.62 bits per heavy atom. The SMILES string of the molecule is COCc1cc(OC(=O)c2cccc(Cl)c2)n(-c2ccccc2)n1. The van der Waals surface area contributed by atoms with Crippen LogP contribution in [-0.4, -0.2) is 22.9 Å². The molecule has 0 N–H and O–H groups in total. The van der Waals surface area contributed by atoms with Gasteiger partial charge in [0.15, 0.2) is 0 Å². The second-order valence-electron chi connectivity index (χ2n) is 5.05. The molecule has 3 aromatic rings. The number of aromatic nitrogens is 2. The summed E-state index contributed by atoms with van der Waals surface area (Å²) in [5.41, 5.74) is 1.82. The minimum Gasteiger partial charge on any atom is -0.404 e. The topological polar surface area (TPSA) is 53.4 Å². The molecule has 2 aromatic carbocycles. The molecule has 0 saturated carbocycles. The van der Waals surface area contributed by atoms with Gasteiger partial charge in [0.25, 0.3) is 0 Å². The molecule has 1 aromatic heterocycles. The molecule has 24 heavy (non-hydrogen) atoms. The number of methoxy groups -OCH3 is 1. The summed E-state index contributed by atoms with van der Waals surface area (Å²) in [4.78, 5) is 12.4. The van der Waals surface area contributed by atoms with Gasteiger partial charge in [0, 0.05) is 18.2 Å². The van der Waals surface area contributed by atoms with Crippen molar-refractivity contribution in [2.75, 3.05) is 7.11 Å². The largest absolute Gasteiger partial charge is 0.404 e. The highest BCUT2D eigenvalue weighted by Gasteiger charge is 2.16. The molecule has 0 fully saturated rings. The van der Waals surface area contributed by atoms with E-state index in [-0.39, 0.29) is 0 Å². The van der Waals surface area contributed by atoms with Crippen LogP contribution < -0.4 is 4.74 Å². The van der Waals surface area contributed by atoms with Crippen molar-refractivity contribution in [2.24, 2.45) is 0 Å². The lowest BCUT2D eigenvalue weighted by Crippen LogP contribution is -2.11. The Hall–Kier alpha value is -2.63. The monoisotopic (exact) mass is 342 g/mol. The van der Waals surface area contributed by atoms with E-state index < -0.39 is 5.97 Å². The molecule has 122 valence electrons. The molecule has 0 aliphatic carbocycles. The zero-order valence-electron chi connectivity index (χ0n) is 13.0. The number of benzene rings is 2. The highest BCUT2D eigenvalue weighted by Crippen LogP contribution is 2.21. The Morgan fingerprint density at radius 1 is 1.12 bits per heavy atom. The number of carbonyl (C=O) groups excluding carboxylic acids is 1. The summed E-state index contributed by atoms with van der Waals surface area (Å²) in [7, 11) is 1.58. The van der Waals surface area contributed by atoms with Crippen LogP contribution in [0, 0.1) is 0 Å². The van der Waals surface area contributed by atoms with Crippen LogP contribution in [0.1, 0.15) is 16.1 Å². The van der Waals surface area contributed by atoms with E-state index in [4.69, 9.17) is 21.1 Å². The molecule has 6 heteroatoms. The Bertz CT molecular complexity index is 846. The summed E-state index contributed by atoms with van der Waals surface area (Å²) in [6.45, 7) is 0.321. The summed E-state index contributed by atoms with van der Waals surface area (Å²) in [5, 5.41) is 4.90. The second-order valence-corrected chi connectivity index (χ2v) is 5.49. The maximum Gasteiger partial charge on any atom is 0.344 e. The molecule has 0 aliphatic heterocycles. The van der Waals surface area contributed by atoms with Crippen LogP contribution in [-0.2, 0) is 11.3 Å². The molecule has 0 unspecified atom stereocenters.